The van der Waals surface area contributed by atoms with E-state index in [0.717, 1.165) is 37.9 Å². The van der Waals surface area contributed by atoms with Crippen LogP contribution in [0.4, 0.5) is 5.69 Å². The molecule has 0 aromatic heterocycles. The minimum atomic E-state index is -0.395. The van der Waals surface area contributed by atoms with E-state index in [-0.39, 0.29) is 18.4 Å². The van der Waals surface area contributed by atoms with Crippen LogP contribution in [0, 0.1) is 0 Å². The molecule has 6 heteroatoms. The molecule has 0 bridgehead atoms. The molecule has 0 saturated carbocycles. The van der Waals surface area contributed by atoms with Crippen molar-refractivity contribution in [2.24, 2.45) is 0 Å². The largest absolute Gasteiger partial charge is 0.341 e. The molecule has 2 aromatic rings. The van der Waals surface area contributed by atoms with Gasteiger partial charge in [0, 0.05) is 30.3 Å². The number of carbonyl (C=O) groups excluding carboxylic acids is 2. The van der Waals surface area contributed by atoms with Crippen molar-refractivity contribution in [2.75, 3.05) is 31.5 Å². The van der Waals surface area contributed by atoms with Gasteiger partial charge >= 0.3 is 0 Å². The van der Waals surface area contributed by atoms with Crippen LogP contribution in [0.5, 0.6) is 0 Å². The van der Waals surface area contributed by atoms with Gasteiger partial charge in [0.15, 0.2) is 0 Å². The highest BCUT2D eigenvalue weighted by Gasteiger charge is 2.37. The lowest BCUT2D eigenvalue weighted by Gasteiger charge is -2.37. The Morgan fingerprint density at radius 3 is 2.61 bits per heavy atom. The topological polar surface area (TPSA) is 52.7 Å². The highest BCUT2D eigenvalue weighted by atomic mass is 35.5. The van der Waals surface area contributed by atoms with Crippen LogP contribution in [-0.4, -0.2) is 47.8 Å². The normalized spacial score (nSPS) is 19.3. The summed E-state index contributed by atoms with van der Waals surface area (Å²) in [5.74, 6) is -0.0268. The Labute approximate surface area is 170 Å². The number of carbonyl (C=O) groups is 2. The molecule has 146 valence electrons. The Hall–Kier alpha value is -2.37. The van der Waals surface area contributed by atoms with Crippen LogP contribution in [0.1, 0.15) is 30.0 Å². The molecule has 2 aromatic carbocycles. The van der Waals surface area contributed by atoms with Crippen molar-refractivity contribution in [3.05, 3.63) is 64.7 Å². The van der Waals surface area contributed by atoms with Crippen LogP contribution in [0.2, 0.25) is 5.02 Å². The molecule has 0 aliphatic carbocycles. The van der Waals surface area contributed by atoms with Gasteiger partial charge < -0.3 is 10.2 Å². The number of rotatable bonds is 4. The number of anilines is 1. The van der Waals surface area contributed by atoms with Crippen molar-refractivity contribution in [2.45, 2.75) is 25.3 Å². The summed E-state index contributed by atoms with van der Waals surface area (Å²) in [4.78, 5) is 29.9. The Bertz CT molecular complexity index is 880. The number of halogens is 1. The second kappa shape index (κ2) is 8.33. The predicted octanol–water partition coefficient (Wildman–Crippen LogP) is 3.50. The van der Waals surface area contributed by atoms with Gasteiger partial charge in [-0.2, -0.15) is 0 Å². The van der Waals surface area contributed by atoms with E-state index in [4.69, 9.17) is 11.6 Å². The predicted molar refractivity (Wildman–Crippen MR) is 110 cm³/mol. The summed E-state index contributed by atoms with van der Waals surface area (Å²) in [6.45, 7) is 2.47. The third-order valence-electron chi connectivity index (χ3n) is 5.49. The molecule has 1 atom stereocenters. The Morgan fingerprint density at radius 1 is 1.04 bits per heavy atom. The van der Waals surface area contributed by atoms with E-state index in [1.54, 1.807) is 18.2 Å². The van der Waals surface area contributed by atoms with Gasteiger partial charge in [-0.05, 0) is 48.6 Å². The minimum Gasteiger partial charge on any atom is -0.341 e. The van der Waals surface area contributed by atoms with Crippen LogP contribution in [0.25, 0.3) is 0 Å². The Kier molecular flexibility index (Phi) is 5.64. The standard InChI is InChI=1S/C22H24ClN3O2/c23-17-7-5-8-18(14-17)24-20(27)15-26-13-10-16-6-1-2-9-19(16)21(26)22(28)25-11-3-4-12-25/h1-2,5-9,14,21H,3-4,10-13,15H2,(H,24,27). The highest BCUT2D eigenvalue weighted by molar-refractivity contribution is 6.30. The number of amides is 2. The second-order valence-corrected chi connectivity index (χ2v) is 7.85. The summed E-state index contributed by atoms with van der Waals surface area (Å²) in [6.07, 6.45) is 2.94. The van der Waals surface area contributed by atoms with Crippen molar-refractivity contribution in [1.29, 1.82) is 0 Å². The average molecular weight is 398 g/mol. The highest BCUT2D eigenvalue weighted by Crippen LogP contribution is 2.32. The minimum absolute atomic E-state index is 0.111. The summed E-state index contributed by atoms with van der Waals surface area (Å²) < 4.78 is 0. The molecule has 2 aliphatic heterocycles. The molecule has 2 amide bonds. The molecule has 5 nitrogen and oxygen atoms in total. The molecule has 0 spiro atoms. The average Bonchev–Trinajstić information content (AvgIpc) is 3.22. The lowest BCUT2D eigenvalue weighted by atomic mass is 9.91. The molecule has 2 heterocycles. The Morgan fingerprint density at radius 2 is 1.82 bits per heavy atom. The number of fused-ring (bicyclic) bond motifs is 1. The first kappa shape index (κ1) is 19.0. The summed E-state index contributed by atoms with van der Waals surface area (Å²) in [7, 11) is 0. The van der Waals surface area contributed by atoms with Crippen LogP contribution < -0.4 is 5.32 Å². The molecule has 4 rings (SSSR count). The maximum absolute atomic E-state index is 13.3. The number of benzene rings is 2. The van der Waals surface area contributed by atoms with E-state index >= 15 is 0 Å². The fraction of sp³-hybridized carbons (Fsp3) is 0.364. The summed E-state index contributed by atoms with van der Waals surface area (Å²) in [6, 6.07) is 14.8. The van der Waals surface area contributed by atoms with Crippen molar-refractivity contribution in [3.63, 3.8) is 0 Å². The van der Waals surface area contributed by atoms with Crippen LogP contribution in [0.3, 0.4) is 0 Å². The third kappa shape index (κ3) is 4.05. The number of nitrogens with zero attached hydrogens (tertiary/aromatic N) is 2. The number of hydrogen-bond donors (Lipinski definition) is 1. The van der Waals surface area contributed by atoms with Gasteiger partial charge in [0.1, 0.15) is 6.04 Å². The molecular weight excluding hydrogens is 374 g/mol. The van der Waals surface area contributed by atoms with E-state index in [1.165, 1.54) is 5.56 Å². The zero-order valence-corrected chi connectivity index (χ0v) is 16.5. The second-order valence-electron chi connectivity index (χ2n) is 7.41. The summed E-state index contributed by atoms with van der Waals surface area (Å²) >= 11 is 6.00. The van der Waals surface area contributed by atoms with Gasteiger partial charge in [-0.25, -0.2) is 0 Å². The first-order valence-corrected chi connectivity index (χ1v) is 10.2. The first-order chi connectivity index (χ1) is 13.6. The van der Waals surface area contributed by atoms with E-state index in [9.17, 15) is 9.59 Å². The van der Waals surface area contributed by atoms with Gasteiger partial charge in [0.05, 0.1) is 6.54 Å². The maximum Gasteiger partial charge on any atom is 0.244 e. The number of likely N-dealkylation sites (tertiary alicyclic amines) is 1. The van der Waals surface area contributed by atoms with Gasteiger partial charge in [-0.15, -0.1) is 0 Å². The molecule has 1 saturated heterocycles. The fourth-order valence-electron chi connectivity index (χ4n) is 4.14. The van der Waals surface area contributed by atoms with Gasteiger partial charge in [-0.3, -0.25) is 14.5 Å². The summed E-state index contributed by atoms with van der Waals surface area (Å²) in [5, 5.41) is 3.47. The van der Waals surface area contributed by atoms with E-state index in [2.05, 4.69) is 11.4 Å². The Balaban J connectivity index is 1.54. The molecule has 28 heavy (non-hydrogen) atoms. The van der Waals surface area contributed by atoms with Crippen LogP contribution in [-0.2, 0) is 16.0 Å². The van der Waals surface area contributed by atoms with Crippen LogP contribution in [0.15, 0.2) is 48.5 Å². The molecule has 2 aliphatic rings. The molecule has 0 radical (unpaired) electrons. The van der Waals surface area contributed by atoms with Crippen molar-refractivity contribution in [1.82, 2.24) is 9.80 Å². The smallest absolute Gasteiger partial charge is 0.244 e. The monoisotopic (exact) mass is 397 g/mol. The van der Waals surface area contributed by atoms with E-state index in [0.29, 0.717) is 17.3 Å². The molecule has 1 unspecified atom stereocenters. The SMILES string of the molecule is O=C(CN1CCc2ccccc2C1C(=O)N1CCCC1)Nc1cccc(Cl)c1. The number of hydrogen-bond acceptors (Lipinski definition) is 3. The number of nitrogens with one attached hydrogen (secondary N) is 1. The third-order valence-corrected chi connectivity index (χ3v) is 5.73. The fourth-order valence-corrected chi connectivity index (χ4v) is 4.33. The van der Waals surface area contributed by atoms with Gasteiger partial charge in [-0.1, -0.05) is 41.9 Å². The van der Waals surface area contributed by atoms with Gasteiger partial charge in [0.2, 0.25) is 11.8 Å². The summed E-state index contributed by atoms with van der Waals surface area (Å²) in [5.41, 5.74) is 2.89. The van der Waals surface area contributed by atoms with Crippen LogP contribution >= 0.6 is 11.6 Å². The zero-order valence-electron chi connectivity index (χ0n) is 15.7. The quantitative estimate of drug-likeness (QED) is 0.859. The van der Waals surface area contributed by atoms with Crippen molar-refractivity contribution >= 4 is 29.1 Å². The van der Waals surface area contributed by atoms with E-state index in [1.807, 2.05) is 34.1 Å². The lowest BCUT2D eigenvalue weighted by molar-refractivity contribution is -0.137. The van der Waals surface area contributed by atoms with Crippen molar-refractivity contribution in [3.8, 4) is 0 Å². The lowest BCUT2D eigenvalue weighted by Crippen LogP contribution is -2.47. The maximum atomic E-state index is 13.3. The van der Waals surface area contributed by atoms with Crippen molar-refractivity contribution < 1.29 is 9.59 Å². The molecule has 1 N–H and O–H groups in total. The van der Waals surface area contributed by atoms with E-state index < -0.39 is 6.04 Å². The zero-order chi connectivity index (χ0) is 19.5. The first-order valence-electron chi connectivity index (χ1n) is 9.78. The molecular formula is C22H24ClN3O2. The molecule has 1 fully saturated rings. The van der Waals surface area contributed by atoms with Gasteiger partial charge in [0.25, 0.3) is 0 Å².